The third-order valence-corrected chi connectivity index (χ3v) is 3.44. The Hall–Kier alpha value is -0.970. The zero-order chi connectivity index (χ0) is 13.0. The van der Waals surface area contributed by atoms with E-state index in [4.69, 9.17) is 11.6 Å². The minimum absolute atomic E-state index is 0.721. The maximum absolute atomic E-state index is 5.90. The molecular formula is C13H13BrClN3. The number of rotatable bonds is 4. The Balaban J connectivity index is 1.92. The largest absolute Gasteiger partial charge is 0.307 e. The summed E-state index contributed by atoms with van der Waals surface area (Å²) in [5.41, 5.74) is 2.16. The molecule has 1 heterocycles. The molecule has 94 valence electrons. The summed E-state index contributed by atoms with van der Waals surface area (Å²) in [6.45, 7) is 3.37. The molecule has 3 nitrogen and oxygen atoms in total. The van der Waals surface area contributed by atoms with E-state index in [-0.39, 0.29) is 0 Å². The van der Waals surface area contributed by atoms with Crippen molar-refractivity contribution in [3.8, 4) is 0 Å². The van der Waals surface area contributed by atoms with Crippen LogP contribution >= 0.6 is 27.5 Å². The second-order valence-electron chi connectivity index (χ2n) is 3.93. The topological polar surface area (TPSA) is 37.8 Å². The first-order chi connectivity index (χ1) is 8.65. The third-order valence-electron chi connectivity index (χ3n) is 2.47. The number of hydrogen-bond acceptors (Lipinski definition) is 3. The maximum atomic E-state index is 5.90. The minimum atomic E-state index is 0.721. The Bertz CT molecular complexity index is 546. The van der Waals surface area contributed by atoms with Crippen molar-refractivity contribution >= 4 is 27.5 Å². The van der Waals surface area contributed by atoms with Crippen molar-refractivity contribution in [2.24, 2.45) is 0 Å². The molecule has 0 aliphatic rings. The molecule has 0 radical (unpaired) electrons. The normalized spacial score (nSPS) is 10.6. The summed E-state index contributed by atoms with van der Waals surface area (Å²) in [7, 11) is 0. The maximum Gasteiger partial charge on any atom is 0.125 e. The molecular weight excluding hydrogens is 314 g/mol. The highest BCUT2D eigenvalue weighted by molar-refractivity contribution is 9.10. The molecule has 2 aromatic rings. The van der Waals surface area contributed by atoms with E-state index in [0.29, 0.717) is 0 Å². The van der Waals surface area contributed by atoms with E-state index in [2.05, 4.69) is 31.2 Å². The number of nitrogens with zero attached hydrogens (tertiary/aromatic N) is 2. The van der Waals surface area contributed by atoms with Gasteiger partial charge in [0, 0.05) is 28.8 Å². The predicted molar refractivity (Wildman–Crippen MR) is 76.5 cm³/mol. The molecule has 0 aliphatic heterocycles. The molecule has 1 aromatic heterocycles. The van der Waals surface area contributed by atoms with Crippen molar-refractivity contribution in [1.29, 1.82) is 0 Å². The molecule has 0 atom stereocenters. The fraction of sp³-hybridized carbons (Fsp3) is 0.231. The van der Waals surface area contributed by atoms with Gasteiger partial charge in [-0.05, 0) is 30.7 Å². The van der Waals surface area contributed by atoms with Gasteiger partial charge >= 0.3 is 0 Å². The zero-order valence-corrected chi connectivity index (χ0v) is 12.3. The number of aryl methyl sites for hydroxylation is 1. The zero-order valence-electron chi connectivity index (χ0n) is 9.95. The van der Waals surface area contributed by atoms with Gasteiger partial charge in [-0.3, -0.25) is 0 Å². The first kappa shape index (κ1) is 13.5. The van der Waals surface area contributed by atoms with Crippen LogP contribution in [0.4, 0.5) is 0 Å². The van der Waals surface area contributed by atoms with Gasteiger partial charge in [0.2, 0.25) is 0 Å². The van der Waals surface area contributed by atoms with E-state index < -0.39 is 0 Å². The Kier molecular flexibility index (Phi) is 4.69. The molecule has 0 spiro atoms. The molecule has 1 N–H and O–H groups in total. The van der Waals surface area contributed by atoms with Gasteiger partial charge in [0.05, 0.1) is 5.69 Å². The smallest absolute Gasteiger partial charge is 0.125 e. The number of benzene rings is 1. The molecule has 18 heavy (non-hydrogen) atoms. The Morgan fingerprint density at radius 1 is 1.28 bits per heavy atom. The average Bonchev–Trinajstić information content (AvgIpc) is 2.32. The van der Waals surface area contributed by atoms with Crippen LogP contribution in [0.15, 0.2) is 34.9 Å². The van der Waals surface area contributed by atoms with E-state index in [1.165, 1.54) is 5.56 Å². The summed E-state index contributed by atoms with van der Waals surface area (Å²) < 4.78 is 1.02. The van der Waals surface area contributed by atoms with Crippen LogP contribution in [-0.4, -0.2) is 9.97 Å². The average molecular weight is 327 g/mol. The summed E-state index contributed by atoms with van der Waals surface area (Å²) in [6.07, 6.45) is 1.78. The second-order valence-corrected chi connectivity index (χ2v) is 5.23. The quantitative estimate of drug-likeness (QED) is 0.934. The van der Waals surface area contributed by atoms with Crippen LogP contribution in [0, 0.1) is 6.92 Å². The second kappa shape index (κ2) is 6.27. The van der Waals surface area contributed by atoms with Crippen LogP contribution in [0.5, 0.6) is 0 Å². The first-order valence-electron chi connectivity index (χ1n) is 5.58. The molecule has 0 unspecified atom stereocenters. The van der Waals surface area contributed by atoms with E-state index >= 15 is 0 Å². The lowest BCUT2D eigenvalue weighted by atomic mass is 10.2. The lowest BCUT2D eigenvalue weighted by Gasteiger charge is -2.07. The summed E-state index contributed by atoms with van der Waals surface area (Å²) >= 11 is 9.39. The van der Waals surface area contributed by atoms with Crippen molar-refractivity contribution in [3.63, 3.8) is 0 Å². The van der Waals surface area contributed by atoms with Gasteiger partial charge < -0.3 is 5.32 Å². The van der Waals surface area contributed by atoms with Gasteiger partial charge in [-0.25, -0.2) is 9.97 Å². The van der Waals surface area contributed by atoms with Crippen LogP contribution < -0.4 is 5.32 Å². The Morgan fingerprint density at radius 2 is 2.11 bits per heavy atom. The molecule has 0 aliphatic carbocycles. The van der Waals surface area contributed by atoms with Crippen LogP contribution in [0.2, 0.25) is 5.02 Å². The van der Waals surface area contributed by atoms with Crippen LogP contribution in [0.1, 0.15) is 17.1 Å². The summed E-state index contributed by atoms with van der Waals surface area (Å²) in [5, 5.41) is 4.08. The predicted octanol–water partition coefficient (Wildman–Crippen LogP) is 3.49. The van der Waals surface area contributed by atoms with Crippen molar-refractivity contribution in [2.75, 3.05) is 0 Å². The van der Waals surface area contributed by atoms with Gasteiger partial charge in [0.1, 0.15) is 5.82 Å². The Labute approximate surface area is 120 Å². The van der Waals surface area contributed by atoms with E-state index in [1.54, 1.807) is 6.20 Å². The molecule has 0 bridgehead atoms. The monoisotopic (exact) mass is 325 g/mol. The van der Waals surface area contributed by atoms with Gasteiger partial charge in [-0.1, -0.05) is 33.6 Å². The number of aromatic nitrogens is 2. The third kappa shape index (κ3) is 3.77. The van der Waals surface area contributed by atoms with Crippen molar-refractivity contribution in [1.82, 2.24) is 15.3 Å². The molecule has 1 aromatic carbocycles. The molecule has 0 fully saturated rings. The highest BCUT2D eigenvalue weighted by Gasteiger charge is 2.01. The number of hydrogen-bond donors (Lipinski definition) is 1. The summed E-state index contributed by atoms with van der Waals surface area (Å²) in [5.74, 6) is 0.793. The standard InChI is InChI=1S/C13H13BrClN3/c1-9-17-5-4-12(18-9)8-16-7-10-2-3-11(15)6-13(10)14/h2-6,16H,7-8H2,1H3. The van der Waals surface area contributed by atoms with E-state index in [9.17, 15) is 0 Å². The van der Waals surface area contributed by atoms with Crippen LogP contribution in [-0.2, 0) is 13.1 Å². The van der Waals surface area contributed by atoms with Crippen LogP contribution in [0.3, 0.4) is 0 Å². The Morgan fingerprint density at radius 3 is 2.83 bits per heavy atom. The van der Waals surface area contributed by atoms with Crippen molar-refractivity contribution in [3.05, 3.63) is 57.0 Å². The molecule has 0 saturated carbocycles. The fourth-order valence-electron chi connectivity index (χ4n) is 1.59. The van der Waals surface area contributed by atoms with Crippen molar-refractivity contribution in [2.45, 2.75) is 20.0 Å². The molecule has 0 amide bonds. The van der Waals surface area contributed by atoms with E-state index in [0.717, 1.165) is 34.1 Å². The number of halogens is 2. The summed E-state index contributed by atoms with van der Waals surface area (Å²) in [4.78, 5) is 8.40. The van der Waals surface area contributed by atoms with Crippen LogP contribution in [0.25, 0.3) is 0 Å². The lowest BCUT2D eigenvalue weighted by molar-refractivity contribution is 0.673. The highest BCUT2D eigenvalue weighted by atomic mass is 79.9. The molecule has 2 rings (SSSR count). The summed E-state index contributed by atoms with van der Waals surface area (Å²) in [6, 6.07) is 7.70. The molecule has 5 heteroatoms. The van der Waals surface area contributed by atoms with Gasteiger partial charge in [0.15, 0.2) is 0 Å². The lowest BCUT2D eigenvalue weighted by Crippen LogP contribution is -2.14. The van der Waals surface area contributed by atoms with Crippen molar-refractivity contribution < 1.29 is 0 Å². The molecule has 0 saturated heterocycles. The van der Waals surface area contributed by atoms with Gasteiger partial charge in [-0.2, -0.15) is 0 Å². The highest BCUT2D eigenvalue weighted by Crippen LogP contribution is 2.21. The number of nitrogens with one attached hydrogen (secondary N) is 1. The minimum Gasteiger partial charge on any atom is -0.307 e. The van der Waals surface area contributed by atoms with Gasteiger partial charge in [0.25, 0.3) is 0 Å². The van der Waals surface area contributed by atoms with E-state index in [1.807, 2.05) is 31.2 Å². The first-order valence-corrected chi connectivity index (χ1v) is 6.75. The van der Waals surface area contributed by atoms with Gasteiger partial charge in [-0.15, -0.1) is 0 Å². The fourth-order valence-corrected chi connectivity index (χ4v) is 2.42. The SMILES string of the molecule is Cc1nccc(CNCc2ccc(Cl)cc2Br)n1.